The second-order valence-corrected chi connectivity index (χ2v) is 6.66. The normalized spacial score (nSPS) is 14.4. The second-order valence-electron chi connectivity index (χ2n) is 6.66. The van der Waals surface area contributed by atoms with Crippen LogP contribution in [0.25, 0.3) is 0 Å². The fourth-order valence-electron chi connectivity index (χ4n) is 3.25. The van der Waals surface area contributed by atoms with Gasteiger partial charge in [0.2, 0.25) is 0 Å². The summed E-state index contributed by atoms with van der Waals surface area (Å²) in [6, 6.07) is 9.49. The van der Waals surface area contributed by atoms with Gasteiger partial charge in [0.1, 0.15) is 5.82 Å². The van der Waals surface area contributed by atoms with Gasteiger partial charge in [-0.15, -0.1) is 10.2 Å². The fourth-order valence-corrected chi connectivity index (χ4v) is 3.25. The Morgan fingerprint density at radius 1 is 1.04 bits per heavy atom. The number of hydrogen-bond donors (Lipinski definition) is 2. The largest absolute Gasteiger partial charge is 0.493 e. The zero-order chi connectivity index (χ0) is 19.1. The lowest BCUT2D eigenvalue weighted by atomic mass is 9.95. The molecule has 0 saturated heterocycles. The highest BCUT2D eigenvalue weighted by Gasteiger charge is 2.14. The molecule has 0 radical (unpaired) electrons. The molecule has 0 bridgehead atoms. The average molecular weight is 370 g/mol. The Hall–Kier alpha value is -2.83. The number of carbonyl (C=O) groups is 1. The molecule has 2 N–H and O–H groups in total. The van der Waals surface area contributed by atoms with E-state index in [4.69, 9.17) is 9.47 Å². The van der Waals surface area contributed by atoms with Gasteiger partial charge < -0.3 is 20.1 Å². The van der Waals surface area contributed by atoms with Crippen molar-refractivity contribution in [3.05, 3.63) is 41.6 Å². The van der Waals surface area contributed by atoms with Crippen molar-refractivity contribution in [2.45, 2.75) is 44.7 Å². The summed E-state index contributed by atoms with van der Waals surface area (Å²) < 4.78 is 10.5. The first-order valence-electron chi connectivity index (χ1n) is 9.29. The smallest absolute Gasteiger partial charge is 0.272 e. The molecule has 27 heavy (non-hydrogen) atoms. The molecular formula is C20H26N4O3. The van der Waals surface area contributed by atoms with Crippen molar-refractivity contribution in [2.24, 2.45) is 0 Å². The summed E-state index contributed by atoms with van der Waals surface area (Å²) in [4.78, 5) is 12.3. The lowest BCUT2D eigenvalue weighted by molar-refractivity contribution is 0.0945. The lowest BCUT2D eigenvalue weighted by Crippen LogP contribution is -2.25. The quantitative estimate of drug-likeness (QED) is 0.779. The molecule has 2 aromatic rings. The van der Waals surface area contributed by atoms with E-state index in [0.29, 0.717) is 29.8 Å². The fraction of sp³-hybridized carbons (Fsp3) is 0.450. The molecule has 7 nitrogen and oxygen atoms in total. The van der Waals surface area contributed by atoms with Crippen molar-refractivity contribution in [1.29, 1.82) is 0 Å². The van der Waals surface area contributed by atoms with Gasteiger partial charge in [-0.1, -0.05) is 25.3 Å². The number of nitrogens with zero attached hydrogens (tertiary/aromatic N) is 2. The van der Waals surface area contributed by atoms with E-state index in [-0.39, 0.29) is 5.91 Å². The number of aromatic nitrogens is 2. The third kappa shape index (κ3) is 5.09. The topological polar surface area (TPSA) is 85.4 Å². The highest BCUT2D eigenvalue weighted by atomic mass is 16.5. The van der Waals surface area contributed by atoms with Crippen LogP contribution in [-0.2, 0) is 6.54 Å². The Morgan fingerprint density at radius 2 is 1.81 bits per heavy atom. The first-order valence-corrected chi connectivity index (χ1v) is 9.29. The lowest BCUT2D eigenvalue weighted by Gasteiger charge is -2.22. The van der Waals surface area contributed by atoms with Gasteiger partial charge in [-0.2, -0.15) is 0 Å². The Morgan fingerprint density at radius 3 is 2.48 bits per heavy atom. The number of nitrogens with one attached hydrogen (secondary N) is 2. The third-order valence-corrected chi connectivity index (χ3v) is 4.76. The number of methoxy groups -OCH3 is 2. The minimum atomic E-state index is -0.262. The molecule has 1 fully saturated rings. The van der Waals surface area contributed by atoms with E-state index in [0.717, 1.165) is 24.2 Å². The van der Waals surface area contributed by atoms with Gasteiger partial charge in [-0.25, -0.2) is 0 Å². The van der Waals surface area contributed by atoms with Crippen LogP contribution >= 0.6 is 0 Å². The van der Waals surface area contributed by atoms with Gasteiger partial charge in [0.25, 0.3) is 5.91 Å². The van der Waals surface area contributed by atoms with E-state index in [2.05, 4.69) is 20.8 Å². The minimum absolute atomic E-state index is 0.262. The Balaban J connectivity index is 1.54. The van der Waals surface area contributed by atoms with Crippen molar-refractivity contribution in [3.8, 4) is 11.5 Å². The maximum Gasteiger partial charge on any atom is 0.272 e. The van der Waals surface area contributed by atoms with Gasteiger partial charge in [0, 0.05) is 12.6 Å². The number of amides is 1. The number of rotatable bonds is 7. The van der Waals surface area contributed by atoms with Crippen molar-refractivity contribution in [1.82, 2.24) is 15.5 Å². The van der Waals surface area contributed by atoms with Crippen LogP contribution in [0.4, 0.5) is 5.82 Å². The molecule has 0 atom stereocenters. The Bertz CT molecular complexity index is 758. The zero-order valence-electron chi connectivity index (χ0n) is 15.8. The van der Waals surface area contributed by atoms with Gasteiger partial charge in [-0.05, 0) is 42.7 Å². The van der Waals surface area contributed by atoms with E-state index < -0.39 is 0 Å². The SMILES string of the molecule is COc1ccc(CNC(=O)c2ccc(NC3CCCCC3)nn2)cc1OC. The second kappa shape index (κ2) is 9.21. The van der Waals surface area contributed by atoms with Crippen molar-refractivity contribution >= 4 is 11.7 Å². The number of anilines is 1. The summed E-state index contributed by atoms with van der Waals surface area (Å²) in [6.45, 7) is 0.364. The molecule has 0 aliphatic heterocycles. The number of benzene rings is 1. The van der Waals surface area contributed by atoms with Gasteiger partial charge in [0.05, 0.1) is 14.2 Å². The molecule has 1 aliphatic rings. The summed E-state index contributed by atoms with van der Waals surface area (Å²) in [5.41, 5.74) is 1.20. The van der Waals surface area contributed by atoms with Gasteiger partial charge >= 0.3 is 0 Å². The van der Waals surface area contributed by atoms with Crippen LogP contribution in [0.1, 0.15) is 48.2 Å². The highest BCUT2D eigenvalue weighted by molar-refractivity contribution is 5.92. The number of hydrogen-bond acceptors (Lipinski definition) is 6. The molecule has 1 aromatic carbocycles. The van der Waals surface area contributed by atoms with Crippen LogP contribution in [0.3, 0.4) is 0 Å². The number of carbonyl (C=O) groups excluding carboxylic acids is 1. The van der Waals surface area contributed by atoms with Gasteiger partial charge in [0.15, 0.2) is 17.2 Å². The summed E-state index contributed by atoms with van der Waals surface area (Å²) in [5.74, 6) is 1.74. The maximum atomic E-state index is 12.3. The van der Waals surface area contributed by atoms with Crippen LogP contribution in [0.5, 0.6) is 11.5 Å². The van der Waals surface area contributed by atoms with Crippen molar-refractivity contribution in [2.75, 3.05) is 19.5 Å². The summed E-state index contributed by atoms with van der Waals surface area (Å²) in [5, 5.41) is 14.4. The molecule has 1 amide bonds. The summed E-state index contributed by atoms with van der Waals surface area (Å²) >= 11 is 0. The van der Waals surface area contributed by atoms with Crippen LogP contribution < -0.4 is 20.1 Å². The predicted octanol–water partition coefficient (Wildman–Crippen LogP) is 3.17. The molecule has 1 saturated carbocycles. The highest BCUT2D eigenvalue weighted by Crippen LogP contribution is 2.27. The average Bonchev–Trinajstić information content (AvgIpc) is 2.73. The van der Waals surface area contributed by atoms with Crippen LogP contribution in [0, 0.1) is 0 Å². The van der Waals surface area contributed by atoms with E-state index in [1.54, 1.807) is 20.3 Å². The van der Waals surface area contributed by atoms with E-state index in [1.165, 1.54) is 19.3 Å². The molecule has 3 rings (SSSR count). The van der Waals surface area contributed by atoms with Crippen molar-refractivity contribution in [3.63, 3.8) is 0 Å². The first kappa shape index (κ1) is 18.9. The number of ether oxygens (including phenoxy) is 2. The third-order valence-electron chi connectivity index (χ3n) is 4.76. The monoisotopic (exact) mass is 370 g/mol. The molecule has 0 spiro atoms. The predicted molar refractivity (Wildman–Crippen MR) is 103 cm³/mol. The minimum Gasteiger partial charge on any atom is -0.493 e. The summed E-state index contributed by atoms with van der Waals surface area (Å²) in [7, 11) is 3.17. The first-order chi connectivity index (χ1) is 13.2. The van der Waals surface area contributed by atoms with Crippen molar-refractivity contribution < 1.29 is 14.3 Å². The zero-order valence-corrected chi connectivity index (χ0v) is 15.8. The van der Waals surface area contributed by atoms with E-state index >= 15 is 0 Å². The molecular weight excluding hydrogens is 344 g/mol. The maximum absolute atomic E-state index is 12.3. The molecule has 1 aliphatic carbocycles. The standard InChI is InChI=1S/C20H26N4O3/c1-26-17-10-8-14(12-18(17)27-2)13-21-20(25)16-9-11-19(24-23-16)22-15-6-4-3-5-7-15/h8-12,15H,3-7,13H2,1-2H3,(H,21,25)(H,22,24). The van der Waals surface area contributed by atoms with Crippen LogP contribution in [0.2, 0.25) is 0 Å². The molecule has 0 unspecified atom stereocenters. The van der Waals surface area contributed by atoms with Gasteiger partial charge in [-0.3, -0.25) is 4.79 Å². The molecule has 1 heterocycles. The molecule has 1 aromatic heterocycles. The molecule has 144 valence electrons. The van der Waals surface area contributed by atoms with E-state index in [1.807, 2.05) is 24.3 Å². The Kier molecular flexibility index (Phi) is 6.46. The molecule has 7 heteroatoms. The van der Waals surface area contributed by atoms with Crippen LogP contribution in [-0.4, -0.2) is 36.4 Å². The Labute approximate surface area is 159 Å². The van der Waals surface area contributed by atoms with E-state index in [9.17, 15) is 4.79 Å². The summed E-state index contributed by atoms with van der Waals surface area (Å²) in [6.07, 6.45) is 6.14. The van der Waals surface area contributed by atoms with Crippen LogP contribution in [0.15, 0.2) is 30.3 Å².